The monoisotopic (exact) mass is 1440 g/mol. The number of carbonyl (C=O) groups is 11. The molecule has 1 heterocycles. The molecule has 1 aliphatic heterocycles. The summed E-state index contributed by atoms with van der Waals surface area (Å²) in [5.41, 5.74) is 9.22. The van der Waals surface area contributed by atoms with Crippen molar-refractivity contribution in [2.45, 2.75) is 213 Å². The van der Waals surface area contributed by atoms with Crippen LogP contribution >= 0.6 is 0 Å². The molecular formula is C70H114N12O18S. The number of benzene rings is 2. The van der Waals surface area contributed by atoms with Crippen LogP contribution in [0.25, 0.3) is 0 Å². The van der Waals surface area contributed by atoms with Gasteiger partial charge in [0.15, 0.2) is 0 Å². The van der Waals surface area contributed by atoms with E-state index in [1.54, 1.807) is 86.1 Å². The van der Waals surface area contributed by atoms with Gasteiger partial charge in [-0.3, -0.25) is 62.4 Å². The van der Waals surface area contributed by atoms with Crippen LogP contribution in [0, 0.1) is 29.6 Å². The fourth-order valence-electron chi connectivity index (χ4n) is 12.3. The number of hydroxylamine groups is 1. The van der Waals surface area contributed by atoms with Crippen molar-refractivity contribution >= 4 is 80.9 Å². The van der Waals surface area contributed by atoms with Crippen LogP contribution in [0.1, 0.15) is 157 Å². The number of ether oxygens (including phenoxy) is 3. The Morgan fingerprint density at radius 3 is 1.87 bits per heavy atom. The third-order valence-electron chi connectivity index (χ3n) is 17.9. The quantitative estimate of drug-likeness (QED) is 0.0332. The fraction of sp³-hybridized carbons (Fsp3) is 0.671. The lowest BCUT2D eigenvalue weighted by molar-refractivity contribution is -0.148. The normalized spacial score (nSPS) is 16.1. The van der Waals surface area contributed by atoms with Gasteiger partial charge in [0.25, 0.3) is 5.91 Å². The number of likely N-dealkylation sites (tertiary alicyclic amines) is 1. The molecule has 1 fully saturated rings. The van der Waals surface area contributed by atoms with Gasteiger partial charge in [-0.2, -0.15) is 0 Å². The molecule has 2 aromatic rings. The lowest BCUT2D eigenvalue weighted by atomic mass is 9.89. The topological polar surface area (TPSA) is 411 Å². The summed E-state index contributed by atoms with van der Waals surface area (Å²) < 4.78 is 44.6. The van der Waals surface area contributed by atoms with Gasteiger partial charge in [0.2, 0.25) is 57.3 Å². The summed E-state index contributed by atoms with van der Waals surface area (Å²) in [5.74, 6) is -6.75. The molecule has 0 saturated carbocycles. The Bertz CT molecular complexity index is 3130. The van der Waals surface area contributed by atoms with E-state index in [-0.39, 0.29) is 112 Å². The van der Waals surface area contributed by atoms with Gasteiger partial charge in [-0.1, -0.05) is 93.0 Å². The molecule has 0 aromatic heterocycles. The molecule has 0 spiro atoms. The van der Waals surface area contributed by atoms with E-state index < -0.39 is 112 Å². The highest BCUT2D eigenvalue weighted by molar-refractivity contribution is 7.89. The number of methoxy groups -OCH3 is 2. The Balaban J connectivity index is 1.56. The summed E-state index contributed by atoms with van der Waals surface area (Å²) in [4.78, 5) is 155. The van der Waals surface area contributed by atoms with Crippen molar-refractivity contribution in [2.75, 3.05) is 66.6 Å². The van der Waals surface area contributed by atoms with Crippen molar-refractivity contribution < 1.29 is 85.3 Å². The van der Waals surface area contributed by atoms with E-state index in [1.807, 2.05) is 65.3 Å². The smallest absolute Gasteiger partial charge is 0.312 e. The number of aliphatic carboxylic acids is 1. The summed E-state index contributed by atoms with van der Waals surface area (Å²) in [6.07, 6.45) is 2.84. The van der Waals surface area contributed by atoms with Gasteiger partial charge < -0.3 is 66.8 Å². The first-order chi connectivity index (χ1) is 47.5. The second-order valence-electron chi connectivity index (χ2n) is 27.3. The zero-order chi connectivity index (χ0) is 75.8. The second kappa shape index (κ2) is 43.7. The standard InChI is InChI=1S/C70H114N12O18S/c1-16-45(8)62(81(12)69(93)60(43(4)5)77-68(92)61(44(6)7)80(10)11)54(97-13)40-57(85)82-37-22-24-53(82)63(98-14)46(9)64(88)75-52(66(90)79-101(15,95)96)39-47-30-34-50(35-31-47)99-38-19-17-18-25-56(84)78-100-41-48-28-32-49(33-29-48)73-65(89)51(23-21-36-72-70(71)94)74-67(91)59(42(2)3)76-55(83)26-20-27-58(86)87/h28-35,42-46,51-54,59-63H,16-27,36-41H2,1-15H3,(H,73,89)(H,74,91)(H,75,88)(H,76,83)(H,77,92)(H,78,84)(H,79,90)(H,86,87)(H3,71,72,94)/t45-,46+,51-,52-,53-,54+,59?,60-,61?,62-,63+/m0/s1. The molecule has 11 N–H and O–H groups in total. The first kappa shape index (κ1) is 87.2. The molecule has 11 atom stereocenters. The minimum absolute atomic E-state index is 0.00371. The van der Waals surface area contributed by atoms with Crippen LogP contribution in [0.4, 0.5) is 10.5 Å². The van der Waals surface area contributed by atoms with E-state index in [0.29, 0.717) is 74.2 Å². The van der Waals surface area contributed by atoms with E-state index in [4.69, 9.17) is 29.9 Å². The largest absolute Gasteiger partial charge is 0.494 e. The molecule has 0 bridgehead atoms. The number of urea groups is 1. The van der Waals surface area contributed by atoms with Crippen molar-refractivity contribution in [2.24, 2.45) is 35.3 Å². The van der Waals surface area contributed by atoms with Crippen LogP contribution in [0.5, 0.6) is 5.75 Å². The first-order valence-electron chi connectivity index (χ1n) is 34.8. The van der Waals surface area contributed by atoms with Gasteiger partial charge in [-0.25, -0.2) is 18.7 Å². The molecule has 568 valence electrons. The molecule has 2 unspecified atom stereocenters. The molecular weight excluding hydrogens is 1330 g/mol. The number of nitrogens with two attached hydrogens (primary N) is 1. The second-order valence-corrected chi connectivity index (χ2v) is 29.1. The number of hydrogen-bond acceptors (Lipinski definition) is 18. The minimum Gasteiger partial charge on any atom is -0.494 e. The molecule has 1 aliphatic rings. The molecule has 30 nitrogen and oxygen atoms in total. The third-order valence-corrected chi connectivity index (χ3v) is 18.4. The van der Waals surface area contributed by atoms with E-state index in [9.17, 15) is 61.2 Å². The lowest BCUT2D eigenvalue weighted by Crippen LogP contribution is -2.59. The van der Waals surface area contributed by atoms with Gasteiger partial charge >= 0.3 is 12.0 Å². The number of carbonyl (C=O) groups excluding carboxylic acids is 10. The van der Waals surface area contributed by atoms with Crippen LogP contribution in [0.2, 0.25) is 0 Å². The van der Waals surface area contributed by atoms with Gasteiger partial charge in [-0.05, 0) is 125 Å². The van der Waals surface area contributed by atoms with Crippen LogP contribution in [0.15, 0.2) is 48.5 Å². The fourth-order valence-corrected chi connectivity index (χ4v) is 12.8. The number of nitrogens with one attached hydrogen (secondary N) is 8. The Hall–Kier alpha value is -8.00. The summed E-state index contributed by atoms with van der Waals surface area (Å²) in [6.45, 7) is 17.5. The van der Waals surface area contributed by atoms with Crippen LogP contribution in [-0.4, -0.2) is 209 Å². The highest BCUT2D eigenvalue weighted by Crippen LogP contribution is 2.30. The predicted octanol–water partition coefficient (Wildman–Crippen LogP) is 3.89. The molecule has 1 saturated heterocycles. The van der Waals surface area contributed by atoms with Crippen LogP contribution < -0.4 is 52.6 Å². The molecule has 101 heavy (non-hydrogen) atoms. The number of hydrogen-bond donors (Lipinski definition) is 10. The Morgan fingerprint density at radius 1 is 0.683 bits per heavy atom. The lowest BCUT2D eigenvalue weighted by Gasteiger charge is -2.41. The summed E-state index contributed by atoms with van der Waals surface area (Å²) in [5, 5.41) is 25.2. The molecule has 3 rings (SSSR count). The maximum atomic E-state index is 14.5. The van der Waals surface area contributed by atoms with E-state index in [2.05, 4.69) is 37.4 Å². The number of likely N-dealkylation sites (N-methyl/N-ethyl adjacent to an activating group) is 2. The van der Waals surface area contributed by atoms with Crippen molar-refractivity contribution in [3.8, 4) is 5.75 Å². The zero-order valence-corrected chi connectivity index (χ0v) is 62.5. The number of amides is 11. The molecule has 0 radical (unpaired) electrons. The summed E-state index contributed by atoms with van der Waals surface area (Å²) in [7, 11) is 4.21. The number of carboxylic acid groups (broad SMARTS) is 1. The van der Waals surface area contributed by atoms with Gasteiger partial charge in [0.1, 0.15) is 29.9 Å². The SMILES string of the molecule is CC[C@H](C)[C@@H]([C@@H](CC(=O)N1CCC[C@H]1[C@H](OC)[C@@H](C)C(=O)N[C@@H](Cc1ccc(OCCCCCC(=O)NOCc2ccc(NC(=O)[C@H](CCCNC(N)=O)NC(=O)C(NC(=O)CCCC(=O)O)C(C)C)cc2)cc1)C(=O)NS(C)(=O)=O)OC)N(C)C(=O)[C@@H](NC(=O)C(C(C)C)N(C)C)C(C)C. The van der Waals surface area contributed by atoms with Crippen molar-refractivity contribution in [3.63, 3.8) is 0 Å². The van der Waals surface area contributed by atoms with E-state index in [0.717, 1.165) is 6.26 Å². The van der Waals surface area contributed by atoms with E-state index in [1.165, 1.54) is 14.2 Å². The van der Waals surface area contributed by atoms with Crippen LogP contribution in [0.3, 0.4) is 0 Å². The number of carboxylic acids is 1. The van der Waals surface area contributed by atoms with Gasteiger partial charge in [-0.15, -0.1) is 0 Å². The molecule has 11 amide bonds. The Kier molecular flexibility index (Phi) is 37.8. The molecule has 31 heteroatoms. The highest BCUT2D eigenvalue weighted by Gasteiger charge is 2.44. The Morgan fingerprint density at radius 2 is 1.31 bits per heavy atom. The number of primary amides is 1. The third kappa shape index (κ3) is 30.2. The number of rotatable bonds is 46. The van der Waals surface area contributed by atoms with Crippen molar-refractivity contribution in [3.05, 3.63) is 59.7 Å². The minimum atomic E-state index is -4.05. The average molecular weight is 1440 g/mol. The maximum absolute atomic E-state index is 14.5. The first-order valence-corrected chi connectivity index (χ1v) is 36.7. The Labute approximate surface area is 595 Å². The highest BCUT2D eigenvalue weighted by atomic mass is 32.2. The molecule has 2 aromatic carbocycles. The number of sulfonamides is 1. The summed E-state index contributed by atoms with van der Waals surface area (Å²) in [6, 6.07) is 6.63. The van der Waals surface area contributed by atoms with E-state index >= 15 is 0 Å². The van der Waals surface area contributed by atoms with Gasteiger partial charge in [0, 0.05) is 65.7 Å². The predicted molar refractivity (Wildman–Crippen MR) is 379 cm³/mol. The number of nitrogens with zero attached hydrogens (tertiary/aromatic N) is 3. The summed E-state index contributed by atoms with van der Waals surface area (Å²) >= 11 is 0. The zero-order valence-electron chi connectivity index (χ0n) is 61.6. The number of unbranched alkanes of at least 4 members (excludes halogenated alkanes) is 2. The molecule has 0 aliphatic carbocycles. The van der Waals surface area contributed by atoms with Crippen LogP contribution in [-0.2, 0) is 85.3 Å². The van der Waals surface area contributed by atoms with Crippen molar-refractivity contribution in [1.29, 1.82) is 0 Å². The van der Waals surface area contributed by atoms with Gasteiger partial charge in [0.05, 0.1) is 62.1 Å². The van der Waals surface area contributed by atoms with Crippen molar-refractivity contribution in [1.82, 2.24) is 51.5 Å². The maximum Gasteiger partial charge on any atom is 0.312 e. The average Bonchev–Trinajstić information content (AvgIpc) is 1.78. The number of anilines is 1.